The van der Waals surface area contributed by atoms with Gasteiger partial charge in [-0.25, -0.2) is 9.97 Å². The van der Waals surface area contributed by atoms with E-state index in [-0.39, 0.29) is 0 Å². The summed E-state index contributed by atoms with van der Waals surface area (Å²) < 4.78 is 15.6. The summed E-state index contributed by atoms with van der Waals surface area (Å²) in [6.45, 7) is 0. The van der Waals surface area contributed by atoms with Gasteiger partial charge in [0.2, 0.25) is 0 Å². The first kappa shape index (κ1) is 29.5. The average molecular weight is 680 g/mol. The van der Waals surface area contributed by atoms with Crippen LogP contribution in [0.4, 0.5) is 0 Å². The summed E-state index contributed by atoms with van der Waals surface area (Å²) in [4.78, 5) is 9.76. The lowest BCUT2D eigenvalue weighted by Gasteiger charge is -2.17. The van der Waals surface area contributed by atoms with Crippen LogP contribution in [-0.2, 0) is 0 Å². The van der Waals surface area contributed by atoms with E-state index in [9.17, 15) is 0 Å². The number of aromatic nitrogens is 3. The third kappa shape index (κ3) is 4.71. The van der Waals surface area contributed by atoms with Crippen molar-refractivity contribution in [2.45, 2.75) is 0 Å². The molecule has 1 aliphatic heterocycles. The fourth-order valence-electron chi connectivity index (χ4n) is 7.84. The zero-order valence-electron chi connectivity index (χ0n) is 28.4. The maximum atomic E-state index is 7.02. The van der Waals surface area contributed by atoms with E-state index in [2.05, 4.69) is 131 Å². The summed E-state index contributed by atoms with van der Waals surface area (Å²) in [7, 11) is 0. The molecule has 0 atom stereocenters. The van der Waals surface area contributed by atoms with Gasteiger partial charge < -0.3 is 9.15 Å². The molecular weight excluding hydrogens is 651 g/mol. The van der Waals surface area contributed by atoms with E-state index in [4.69, 9.17) is 14.1 Å². The SMILES string of the molecule is C1=Cc2ccc(-c3cnc4c(c3)c3ccccc3n4-c3ccccn3)cc2-c2cc3oc4ccccc4c3cc2Oc2ccccc2-c2ccccc21. The molecule has 5 heterocycles. The highest BCUT2D eigenvalue weighted by atomic mass is 16.5. The predicted molar refractivity (Wildman–Crippen MR) is 215 cm³/mol. The molecule has 0 N–H and O–H groups in total. The molecule has 11 rings (SSSR count). The summed E-state index contributed by atoms with van der Waals surface area (Å²) in [5.41, 5.74) is 12.0. The Morgan fingerprint density at radius 1 is 0.453 bits per heavy atom. The third-order valence-corrected chi connectivity index (χ3v) is 10.3. The first-order valence-corrected chi connectivity index (χ1v) is 17.7. The van der Waals surface area contributed by atoms with Crippen LogP contribution in [0.15, 0.2) is 168 Å². The van der Waals surface area contributed by atoms with Crippen molar-refractivity contribution >= 4 is 56.0 Å². The van der Waals surface area contributed by atoms with Gasteiger partial charge in [0.1, 0.15) is 34.1 Å². The van der Waals surface area contributed by atoms with Crippen molar-refractivity contribution in [2.75, 3.05) is 0 Å². The molecule has 0 radical (unpaired) electrons. The molecule has 5 nitrogen and oxygen atoms in total. The minimum atomic E-state index is 0.759. The van der Waals surface area contributed by atoms with Crippen molar-refractivity contribution in [1.82, 2.24) is 14.5 Å². The molecule has 248 valence electrons. The molecule has 0 saturated heterocycles. The number of para-hydroxylation sites is 3. The second-order valence-corrected chi connectivity index (χ2v) is 13.4. The van der Waals surface area contributed by atoms with Crippen LogP contribution < -0.4 is 4.74 Å². The third-order valence-electron chi connectivity index (χ3n) is 10.3. The molecule has 5 heteroatoms. The lowest BCUT2D eigenvalue weighted by Crippen LogP contribution is -1.97. The van der Waals surface area contributed by atoms with Gasteiger partial charge in [-0.1, -0.05) is 109 Å². The number of fused-ring (bicyclic) bond motifs is 12. The summed E-state index contributed by atoms with van der Waals surface area (Å²) in [6.07, 6.45) is 8.20. The molecule has 0 bridgehead atoms. The van der Waals surface area contributed by atoms with Crippen LogP contribution >= 0.6 is 0 Å². The Bertz CT molecular complexity index is 3100. The minimum Gasteiger partial charge on any atom is -0.456 e. The molecule has 10 aromatic rings. The Labute approximate surface area is 304 Å². The van der Waals surface area contributed by atoms with Crippen molar-refractivity contribution in [3.05, 3.63) is 175 Å². The quantitative estimate of drug-likeness (QED) is 0.182. The number of nitrogens with zero attached hydrogens (tertiary/aromatic N) is 3. The topological polar surface area (TPSA) is 53.1 Å². The van der Waals surface area contributed by atoms with Gasteiger partial charge in [0, 0.05) is 50.6 Å². The smallest absolute Gasteiger partial charge is 0.146 e. The van der Waals surface area contributed by atoms with E-state index < -0.39 is 0 Å². The molecule has 0 aliphatic carbocycles. The molecule has 53 heavy (non-hydrogen) atoms. The van der Waals surface area contributed by atoms with Crippen molar-refractivity contribution in [3.8, 4) is 50.7 Å². The minimum absolute atomic E-state index is 0.759. The second-order valence-electron chi connectivity index (χ2n) is 13.4. The molecule has 1 aliphatic rings. The standard InChI is InChI=1S/C48H29N3O2/c1-2-12-34-30(11-1)20-21-31-22-23-32(33-26-41-35-13-3-6-16-42(35)51(48(41)50-29-33)47-19-9-10-24-49-47)25-38(31)40-28-45-39(37-15-5-8-18-44(37)53-45)27-46(40)52-43-17-7-4-14-36(34)43/h1-29H. The Morgan fingerprint density at radius 3 is 2.13 bits per heavy atom. The Hall–Kier alpha value is -7.24. The van der Waals surface area contributed by atoms with Crippen molar-refractivity contribution in [3.63, 3.8) is 0 Å². The lowest BCUT2D eigenvalue weighted by molar-refractivity contribution is 0.487. The number of ether oxygens (including phenoxy) is 1. The van der Waals surface area contributed by atoms with Gasteiger partial charge in [0.15, 0.2) is 0 Å². The van der Waals surface area contributed by atoms with Crippen LogP contribution in [0.5, 0.6) is 11.5 Å². The van der Waals surface area contributed by atoms with Crippen LogP contribution in [0.3, 0.4) is 0 Å². The maximum Gasteiger partial charge on any atom is 0.146 e. The molecule has 0 saturated carbocycles. The van der Waals surface area contributed by atoms with E-state index in [1.54, 1.807) is 0 Å². The van der Waals surface area contributed by atoms with E-state index in [0.29, 0.717) is 0 Å². The normalized spacial score (nSPS) is 12.2. The van der Waals surface area contributed by atoms with Gasteiger partial charge >= 0.3 is 0 Å². The second kappa shape index (κ2) is 11.7. The largest absolute Gasteiger partial charge is 0.456 e. The van der Waals surface area contributed by atoms with E-state index in [0.717, 1.165) is 106 Å². The molecule has 0 fully saturated rings. The molecule has 0 amide bonds. The predicted octanol–water partition coefficient (Wildman–Crippen LogP) is 12.8. The van der Waals surface area contributed by atoms with Gasteiger partial charge in [-0.2, -0.15) is 0 Å². The van der Waals surface area contributed by atoms with Crippen LogP contribution in [-0.4, -0.2) is 14.5 Å². The number of rotatable bonds is 2. The molecule has 0 spiro atoms. The zero-order valence-corrected chi connectivity index (χ0v) is 28.4. The Balaban J connectivity index is 1.16. The van der Waals surface area contributed by atoms with Crippen molar-refractivity contribution in [2.24, 2.45) is 0 Å². The number of benzene rings is 6. The molecular formula is C48H29N3O2. The summed E-state index contributed by atoms with van der Waals surface area (Å²) in [5.74, 6) is 2.39. The van der Waals surface area contributed by atoms with Crippen molar-refractivity contribution in [1.29, 1.82) is 0 Å². The highest BCUT2D eigenvalue weighted by Gasteiger charge is 2.21. The average Bonchev–Trinajstić information content (AvgIpc) is 3.74. The van der Waals surface area contributed by atoms with Crippen LogP contribution in [0.25, 0.3) is 95.2 Å². The van der Waals surface area contributed by atoms with Crippen LogP contribution in [0, 0.1) is 0 Å². The van der Waals surface area contributed by atoms with E-state index in [1.807, 2.05) is 54.9 Å². The lowest BCUT2D eigenvalue weighted by atomic mass is 9.92. The summed E-state index contributed by atoms with van der Waals surface area (Å²) >= 11 is 0. The number of hydrogen-bond acceptors (Lipinski definition) is 4. The number of pyridine rings is 2. The number of furan rings is 1. The van der Waals surface area contributed by atoms with Crippen LogP contribution in [0.2, 0.25) is 0 Å². The molecule has 4 aromatic heterocycles. The number of hydrogen-bond donors (Lipinski definition) is 0. The van der Waals surface area contributed by atoms with Gasteiger partial charge in [-0.05, 0) is 82.4 Å². The molecule has 6 aromatic carbocycles. The van der Waals surface area contributed by atoms with E-state index in [1.165, 1.54) is 0 Å². The first-order valence-electron chi connectivity index (χ1n) is 17.7. The van der Waals surface area contributed by atoms with E-state index >= 15 is 0 Å². The Kier molecular flexibility index (Phi) is 6.48. The maximum absolute atomic E-state index is 7.02. The first-order chi connectivity index (χ1) is 26.3. The fourth-order valence-corrected chi connectivity index (χ4v) is 7.84. The summed E-state index contributed by atoms with van der Waals surface area (Å²) in [6, 6.07) is 52.5. The zero-order chi connectivity index (χ0) is 34.9. The van der Waals surface area contributed by atoms with Gasteiger partial charge in [0.05, 0.1) is 5.52 Å². The fraction of sp³-hybridized carbons (Fsp3) is 0. The Morgan fingerprint density at radius 2 is 1.23 bits per heavy atom. The highest BCUT2D eigenvalue weighted by molar-refractivity contribution is 6.10. The monoisotopic (exact) mass is 679 g/mol. The highest BCUT2D eigenvalue weighted by Crippen LogP contribution is 2.46. The van der Waals surface area contributed by atoms with Gasteiger partial charge in [-0.15, -0.1) is 0 Å². The van der Waals surface area contributed by atoms with Gasteiger partial charge in [-0.3, -0.25) is 4.57 Å². The van der Waals surface area contributed by atoms with Crippen molar-refractivity contribution < 1.29 is 9.15 Å². The van der Waals surface area contributed by atoms with Gasteiger partial charge in [0.25, 0.3) is 0 Å². The molecule has 0 unspecified atom stereocenters. The summed E-state index contributed by atoms with van der Waals surface area (Å²) in [5, 5.41) is 4.27. The van der Waals surface area contributed by atoms with Crippen LogP contribution in [0.1, 0.15) is 11.1 Å².